The van der Waals surface area contributed by atoms with Crippen molar-refractivity contribution in [3.63, 3.8) is 0 Å². The highest BCUT2D eigenvalue weighted by atomic mass is 28.3. The topological polar surface area (TPSA) is 9.23 Å². The van der Waals surface area contributed by atoms with Gasteiger partial charge in [0, 0.05) is 0 Å². The minimum Gasteiger partial charge on any atom is -0.492 e. The van der Waals surface area contributed by atoms with Crippen LogP contribution in [-0.4, -0.2) is 14.9 Å². The molecule has 0 saturated heterocycles. The number of ether oxygens (including phenoxy) is 1. The fourth-order valence-corrected chi connectivity index (χ4v) is 1.45. The minimum atomic E-state index is -0.349. The summed E-state index contributed by atoms with van der Waals surface area (Å²) >= 11 is 0. The summed E-state index contributed by atoms with van der Waals surface area (Å²) in [5, 5.41) is 0. The van der Waals surface area contributed by atoms with Gasteiger partial charge < -0.3 is 4.74 Å². The van der Waals surface area contributed by atoms with Gasteiger partial charge >= 0.3 is 0 Å². The molecule has 11 heavy (non-hydrogen) atoms. The third-order valence-electron chi connectivity index (χ3n) is 1.00. The molecule has 0 aromatic carbocycles. The van der Waals surface area contributed by atoms with Crippen molar-refractivity contribution in [1.29, 1.82) is 0 Å². The van der Waals surface area contributed by atoms with Crippen LogP contribution in [0, 0.1) is 0 Å². The summed E-state index contributed by atoms with van der Waals surface area (Å²) in [6, 6.07) is 0. The standard InChI is InChI=1S/C9H17OSi/c1-6-9(7-11(4)5)10-8(2)3/h6-8H,1H2,2-5H3. The Hall–Kier alpha value is -0.503. The molecule has 1 radical (unpaired) electrons. The molecule has 0 fully saturated rings. The summed E-state index contributed by atoms with van der Waals surface area (Å²) < 4.78 is 5.48. The number of hydrogen-bond donors (Lipinski definition) is 0. The van der Waals surface area contributed by atoms with E-state index in [-0.39, 0.29) is 14.9 Å². The second kappa shape index (κ2) is 5.19. The average molecular weight is 169 g/mol. The van der Waals surface area contributed by atoms with Crippen molar-refractivity contribution in [1.82, 2.24) is 0 Å². The van der Waals surface area contributed by atoms with Crippen LogP contribution in [0.3, 0.4) is 0 Å². The van der Waals surface area contributed by atoms with Crippen LogP contribution in [0.25, 0.3) is 0 Å². The predicted octanol–water partition coefficient (Wildman–Crippen LogP) is 2.77. The molecule has 0 saturated carbocycles. The lowest BCUT2D eigenvalue weighted by Crippen LogP contribution is -2.04. The van der Waals surface area contributed by atoms with Gasteiger partial charge in [-0.3, -0.25) is 0 Å². The average Bonchev–Trinajstić information content (AvgIpc) is 1.84. The molecule has 0 spiro atoms. The van der Waals surface area contributed by atoms with Gasteiger partial charge in [-0.2, -0.15) is 0 Å². The Bertz CT molecular complexity index is 148. The Morgan fingerprint density at radius 3 is 2.27 bits per heavy atom. The third kappa shape index (κ3) is 5.92. The molecule has 1 nitrogen and oxygen atoms in total. The van der Waals surface area contributed by atoms with E-state index in [4.69, 9.17) is 4.74 Å². The summed E-state index contributed by atoms with van der Waals surface area (Å²) in [7, 11) is -0.349. The molecule has 0 aromatic heterocycles. The molecule has 0 aliphatic rings. The highest BCUT2D eigenvalue weighted by Gasteiger charge is 1.98. The summed E-state index contributed by atoms with van der Waals surface area (Å²) in [6.07, 6.45) is 2.03. The Morgan fingerprint density at radius 2 is 2.00 bits per heavy atom. The highest BCUT2D eigenvalue weighted by Crippen LogP contribution is 2.04. The van der Waals surface area contributed by atoms with Crippen LogP contribution >= 0.6 is 0 Å². The Balaban J connectivity index is 4.05. The Kier molecular flexibility index (Phi) is 4.95. The summed E-state index contributed by atoms with van der Waals surface area (Å²) in [6.45, 7) is 12.2. The zero-order valence-corrected chi connectivity index (χ0v) is 8.85. The monoisotopic (exact) mass is 169 g/mol. The third-order valence-corrected chi connectivity index (χ3v) is 1.87. The maximum atomic E-state index is 5.48. The van der Waals surface area contributed by atoms with Gasteiger partial charge in [-0.25, -0.2) is 0 Å². The van der Waals surface area contributed by atoms with Crippen molar-refractivity contribution in [2.24, 2.45) is 0 Å². The lowest BCUT2D eigenvalue weighted by Gasteiger charge is -2.10. The van der Waals surface area contributed by atoms with E-state index in [9.17, 15) is 0 Å². The quantitative estimate of drug-likeness (QED) is 0.357. The van der Waals surface area contributed by atoms with E-state index in [1.807, 2.05) is 13.8 Å². The van der Waals surface area contributed by atoms with Gasteiger partial charge in [0.2, 0.25) is 0 Å². The van der Waals surface area contributed by atoms with E-state index >= 15 is 0 Å². The van der Waals surface area contributed by atoms with E-state index in [0.717, 1.165) is 5.76 Å². The molecule has 0 aliphatic heterocycles. The van der Waals surface area contributed by atoms with Crippen molar-refractivity contribution >= 4 is 8.80 Å². The van der Waals surface area contributed by atoms with Crippen molar-refractivity contribution in [2.45, 2.75) is 33.0 Å². The molecular formula is C9H17OSi. The fraction of sp³-hybridized carbons (Fsp3) is 0.556. The zero-order valence-electron chi connectivity index (χ0n) is 7.85. The van der Waals surface area contributed by atoms with Crippen LogP contribution in [0.2, 0.25) is 13.1 Å². The van der Waals surface area contributed by atoms with Gasteiger partial charge in [-0.05, 0) is 19.9 Å². The lowest BCUT2D eigenvalue weighted by atomic mass is 10.4. The lowest BCUT2D eigenvalue weighted by molar-refractivity contribution is 0.158. The molecule has 63 valence electrons. The van der Waals surface area contributed by atoms with Crippen molar-refractivity contribution < 1.29 is 4.74 Å². The van der Waals surface area contributed by atoms with Crippen LogP contribution in [0.4, 0.5) is 0 Å². The Labute approximate surface area is 71.4 Å². The van der Waals surface area contributed by atoms with Gasteiger partial charge in [0.1, 0.15) is 5.76 Å². The molecular weight excluding hydrogens is 152 g/mol. The molecule has 0 amide bonds. The van der Waals surface area contributed by atoms with Crippen LogP contribution in [-0.2, 0) is 4.74 Å². The highest BCUT2D eigenvalue weighted by molar-refractivity contribution is 6.61. The SMILES string of the molecule is C=CC(=C[Si](C)C)OC(C)C. The second-order valence-corrected chi connectivity index (χ2v) is 5.44. The fourth-order valence-electron chi connectivity index (χ4n) is 0.698. The molecule has 0 heterocycles. The van der Waals surface area contributed by atoms with Crippen molar-refractivity contribution in [2.75, 3.05) is 0 Å². The second-order valence-electron chi connectivity index (χ2n) is 2.99. The van der Waals surface area contributed by atoms with Gasteiger partial charge in [-0.1, -0.05) is 25.4 Å². The summed E-state index contributed by atoms with van der Waals surface area (Å²) in [5.41, 5.74) is 2.16. The molecule has 0 N–H and O–H groups in total. The van der Waals surface area contributed by atoms with Crippen molar-refractivity contribution in [3.05, 3.63) is 24.1 Å². The molecule has 0 unspecified atom stereocenters. The summed E-state index contributed by atoms with van der Waals surface area (Å²) in [4.78, 5) is 0. The maximum Gasteiger partial charge on any atom is 0.111 e. The smallest absolute Gasteiger partial charge is 0.111 e. The summed E-state index contributed by atoms with van der Waals surface area (Å²) in [5.74, 6) is 0.930. The minimum absolute atomic E-state index is 0.251. The zero-order chi connectivity index (χ0) is 8.85. The Morgan fingerprint density at radius 1 is 1.45 bits per heavy atom. The molecule has 0 aromatic rings. The first-order valence-corrected chi connectivity index (χ1v) is 6.45. The van der Waals surface area contributed by atoms with Crippen molar-refractivity contribution in [3.8, 4) is 0 Å². The van der Waals surface area contributed by atoms with E-state index in [1.165, 1.54) is 0 Å². The van der Waals surface area contributed by atoms with Crippen LogP contribution in [0.15, 0.2) is 24.1 Å². The molecule has 0 rings (SSSR count). The number of allylic oxidation sites excluding steroid dienone is 1. The van der Waals surface area contributed by atoms with E-state index in [1.54, 1.807) is 6.08 Å². The first kappa shape index (κ1) is 10.5. The molecule has 2 heteroatoms. The van der Waals surface area contributed by atoms with Gasteiger partial charge in [0.15, 0.2) is 0 Å². The molecule has 0 aliphatic carbocycles. The van der Waals surface area contributed by atoms with Crippen LogP contribution < -0.4 is 0 Å². The largest absolute Gasteiger partial charge is 0.492 e. The first-order chi connectivity index (χ1) is 5.06. The van der Waals surface area contributed by atoms with E-state index < -0.39 is 0 Å². The van der Waals surface area contributed by atoms with Gasteiger partial charge in [0.05, 0.1) is 14.9 Å². The van der Waals surface area contributed by atoms with Gasteiger partial charge in [0.25, 0.3) is 0 Å². The predicted molar refractivity (Wildman–Crippen MR) is 52.0 cm³/mol. The first-order valence-electron chi connectivity index (χ1n) is 3.87. The number of hydrogen-bond acceptors (Lipinski definition) is 1. The van der Waals surface area contributed by atoms with Crippen LogP contribution in [0.5, 0.6) is 0 Å². The van der Waals surface area contributed by atoms with Gasteiger partial charge in [-0.15, -0.1) is 0 Å². The van der Waals surface area contributed by atoms with Crippen LogP contribution in [0.1, 0.15) is 13.8 Å². The molecule has 0 bridgehead atoms. The number of rotatable bonds is 4. The van der Waals surface area contributed by atoms with E-state index in [0.29, 0.717) is 0 Å². The molecule has 0 atom stereocenters. The van der Waals surface area contributed by atoms with E-state index in [2.05, 4.69) is 25.4 Å². The maximum absolute atomic E-state index is 5.48. The normalized spacial score (nSPS) is 12.4.